The number of hydrogen-bond acceptors (Lipinski definition) is 5. The maximum atomic E-state index is 12.0. The molecule has 0 unspecified atom stereocenters. The van der Waals surface area contributed by atoms with Crippen molar-refractivity contribution in [1.82, 2.24) is 20.1 Å². The zero-order chi connectivity index (χ0) is 15.1. The summed E-state index contributed by atoms with van der Waals surface area (Å²) in [6.45, 7) is 1.73. The smallest absolute Gasteiger partial charge is 0.274 e. The average Bonchev–Trinajstić information content (AvgIpc) is 2.47. The highest BCUT2D eigenvalue weighted by Crippen LogP contribution is 2.03. The molecule has 6 nitrogen and oxygen atoms in total. The fourth-order valence-electron chi connectivity index (χ4n) is 1.95. The van der Waals surface area contributed by atoms with E-state index in [1.54, 1.807) is 0 Å². The van der Waals surface area contributed by atoms with Crippen molar-refractivity contribution < 1.29 is 0 Å². The van der Waals surface area contributed by atoms with Crippen LogP contribution in [0.2, 0.25) is 0 Å². The summed E-state index contributed by atoms with van der Waals surface area (Å²) >= 11 is 0. The van der Waals surface area contributed by atoms with Crippen molar-refractivity contribution in [3.63, 3.8) is 0 Å². The van der Waals surface area contributed by atoms with Crippen LogP contribution in [0.3, 0.4) is 0 Å². The largest absolute Gasteiger partial charge is 0.354 e. The van der Waals surface area contributed by atoms with E-state index in [1.165, 1.54) is 0 Å². The third-order valence-corrected chi connectivity index (χ3v) is 3.05. The molecule has 112 valence electrons. The van der Waals surface area contributed by atoms with Gasteiger partial charge in [-0.25, -0.2) is 0 Å². The SMILES string of the molecule is CN(C)CCCNc1nnc(Cc2ccccc2)c(=O)[nH]1. The third-order valence-electron chi connectivity index (χ3n) is 3.05. The molecule has 21 heavy (non-hydrogen) atoms. The van der Waals surface area contributed by atoms with Crippen molar-refractivity contribution in [3.8, 4) is 0 Å². The molecular weight excluding hydrogens is 266 g/mol. The van der Waals surface area contributed by atoms with E-state index in [-0.39, 0.29) is 5.56 Å². The first kappa shape index (κ1) is 15.2. The van der Waals surface area contributed by atoms with Crippen LogP contribution < -0.4 is 10.9 Å². The van der Waals surface area contributed by atoms with Gasteiger partial charge in [0.2, 0.25) is 5.95 Å². The number of benzene rings is 1. The van der Waals surface area contributed by atoms with Crippen LogP contribution in [0, 0.1) is 0 Å². The maximum Gasteiger partial charge on any atom is 0.274 e. The fourth-order valence-corrected chi connectivity index (χ4v) is 1.95. The van der Waals surface area contributed by atoms with E-state index in [0.29, 0.717) is 18.1 Å². The predicted octanol–water partition coefficient (Wildman–Crippen LogP) is 1.12. The van der Waals surface area contributed by atoms with Gasteiger partial charge in [0.1, 0.15) is 5.69 Å². The van der Waals surface area contributed by atoms with E-state index in [2.05, 4.69) is 25.4 Å². The van der Waals surface area contributed by atoms with E-state index in [4.69, 9.17) is 0 Å². The second-order valence-electron chi connectivity index (χ2n) is 5.20. The molecule has 0 aliphatic rings. The molecule has 0 radical (unpaired) electrons. The number of aromatic amines is 1. The molecule has 2 aromatic rings. The minimum absolute atomic E-state index is 0.191. The summed E-state index contributed by atoms with van der Waals surface area (Å²) in [5, 5.41) is 11.1. The topological polar surface area (TPSA) is 73.9 Å². The Kier molecular flexibility index (Phi) is 5.45. The molecule has 1 aromatic carbocycles. The Morgan fingerprint density at radius 2 is 1.95 bits per heavy atom. The van der Waals surface area contributed by atoms with Crippen LogP contribution in [0.4, 0.5) is 5.95 Å². The van der Waals surface area contributed by atoms with Crippen LogP contribution in [0.25, 0.3) is 0 Å². The van der Waals surface area contributed by atoms with Gasteiger partial charge in [0, 0.05) is 13.0 Å². The number of anilines is 1. The number of H-pyrrole nitrogens is 1. The van der Waals surface area contributed by atoms with Gasteiger partial charge in [-0.1, -0.05) is 30.3 Å². The summed E-state index contributed by atoms with van der Waals surface area (Å²) in [7, 11) is 4.06. The van der Waals surface area contributed by atoms with Gasteiger partial charge in [0.25, 0.3) is 5.56 Å². The standard InChI is InChI=1S/C15H21N5O/c1-20(2)10-6-9-16-15-17-14(21)13(18-19-15)11-12-7-4-3-5-8-12/h3-5,7-8H,6,9-11H2,1-2H3,(H2,16,17,19,21). The van der Waals surface area contributed by atoms with E-state index >= 15 is 0 Å². The molecule has 0 saturated carbocycles. The molecule has 0 amide bonds. The summed E-state index contributed by atoms with van der Waals surface area (Å²) < 4.78 is 0. The highest BCUT2D eigenvalue weighted by molar-refractivity contribution is 5.24. The molecule has 0 aliphatic heterocycles. The van der Waals surface area contributed by atoms with Gasteiger partial charge in [0.05, 0.1) is 0 Å². The second-order valence-corrected chi connectivity index (χ2v) is 5.20. The lowest BCUT2D eigenvalue weighted by Crippen LogP contribution is -2.21. The molecule has 6 heteroatoms. The van der Waals surface area contributed by atoms with Gasteiger partial charge in [0.15, 0.2) is 0 Å². The second kappa shape index (κ2) is 7.54. The Hall–Kier alpha value is -2.21. The quantitative estimate of drug-likeness (QED) is 0.747. The lowest BCUT2D eigenvalue weighted by Gasteiger charge is -2.09. The normalized spacial score (nSPS) is 10.8. The highest BCUT2D eigenvalue weighted by Gasteiger charge is 2.05. The van der Waals surface area contributed by atoms with Gasteiger partial charge in [-0.2, -0.15) is 0 Å². The zero-order valence-electron chi connectivity index (χ0n) is 12.5. The van der Waals surface area contributed by atoms with Crippen LogP contribution >= 0.6 is 0 Å². The van der Waals surface area contributed by atoms with Crippen molar-refractivity contribution in [2.24, 2.45) is 0 Å². The van der Waals surface area contributed by atoms with Crippen LogP contribution in [-0.4, -0.2) is 47.3 Å². The first-order valence-corrected chi connectivity index (χ1v) is 7.03. The van der Waals surface area contributed by atoms with Crippen molar-refractivity contribution in [2.75, 3.05) is 32.5 Å². The Balaban J connectivity index is 1.93. The number of nitrogens with zero attached hydrogens (tertiary/aromatic N) is 3. The van der Waals surface area contributed by atoms with Crippen molar-refractivity contribution >= 4 is 5.95 Å². The van der Waals surface area contributed by atoms with Crippen molar-refractivity contribution in [3.05, 3.63) is 51.9 Å². The molecule has 0 aliphatic carbocycles. The molecule has 1 heterocycles. The Bertz CT molecular complexity index is 609. The molecule has 0 spiro atoms. The minimum atomic E-state index is -0.191. The van der Waals surface area contributed by atoms with Gasteiger partial charge < -0.3 is 10.2 Å². The number of hydrogen-bond donors (Lipinski definition) is 2. The summed E-state index contributed by atoms with van der Waals surface area (Å²) in [4.78, 5) is 16.8. The van der Waals surface area contributed by atoms with E-state index in [9.17, 15) is 4.79 Å². The van der Waals surface area contributed by atoms with Gasteiger partial charge in [-0.05, 0) is 32.6 Å². The molecule has 0 bridgehead atoms. The molecule has 0 fully saturated rings. The monoisotopic (exact) mass is 287 g/mol. The first-order chi connectivity index (χ1) is 10.1. The third kappa shape index (κ3) is 5.00. The van der Waals surface area contributed by atoms with Gasteiger partial charge in [-0.3, -0.25) is 9.78 Å². The Labute approximate surface area is 124 Å². The summed E-state index contributed by atoms with van der Waals surface area (Å²) in [5.41, 5.74) is 1.29. The lowest BCUT2D eigenvalue weighted by atomic mass is 10.1. The van der Waals surface area contributed by atoms with E-state index in [1.807, 2.05) is 44.4 Å². The Morgan fingerprint density at radius 1 is 1.19 bits per heavy atom. The summed E-state index contributed by atoms with van der Waals surface area (Å²) in [5.74, 6) is 0.426. The van der Waals surface area contributed by atoms with Crippen LogP contribution in [0.1, 0.15) is 17.7 Å². The van der Waals surface area contributed by atoms with E-state index < -0.39 is 0 Å². The molecule has 2 N–H and O–H groups in total. The number of aromatic nitrogens is 3. The summed E-state index contributed by atoms with van der Waals surface area (Å²) in [6, 6.07) is 9.76. The highest BCUT2D eigenvalue weighted by atomic mass is 16.1. The predicted molar refractivity (Wildman–Crippen MR) is 83.6 cm³/mol. The molecule has 1 aromatic heterocycles. The molecule has 0 atom stereocenters. The molecule has 2 rings (SSSR count). The number of nitrogens with one attached hydrogen (secondary N) is 2. The molecular formula is C15H21N5O. The van der Waals surface area contributed by atoms with Crippen LogP contribution in [0.15, 0.2) is 35.1 Å². The fraction of sp³-hybridized carbons (Fsp3) is 0.400. The summed E-state index contributed by atoms with van der Waals surface area (Å²) in [6.07, 6.45) is 1.46. The Morgan fingerprint density at radius 3 is 2.62 bits per heavy atom. The van der Waals surface area contributed by atoms with Crippen molar-refractivity contribution in [1.29, 1.82) is 0 Å². The van der Waals surface area contributed by atoms with Gasteiger partial charge >= 0.3 is 0 Å². The van der Waals surface area contributed by atoms with Crippen molar-refractivity contribution in [2.45, 2.75) is 12.8 Å². The average molecular weight is 287 g/mol. The maximum absolute atomic E-state index is 12.0. The minimum Gasteiger partial charge on any atom is -0.354 e. The van der Waals surface area contributed by atoms with E-state index in [0.717, 1.165) is 25.1 Å². The van der Waals surface area contributed by atoms with Crippen LogP contribution in [0.5, 0.6) is 0 Å². The number of rotatable bonds is 7. The lowest BCUT2D eigenvalue weighted by molar-refractivity contribution is 0.405. The van der Waals surface area contributed by atoms with Crippen LogP contribution in [-0.2, 0) is 6.42 Å². The molecule has 0 saturated heterocycles. The zero-order valence-corrected chi connectivity index (χ0v) is 12.5. The van der Waals surface area contributed by atoms with Gasteiger partial charge in [-0.15, -0.1) is 10.2 Å². The first-order valence-electron chi connectivity index (χ1n) is 7.03.